The Balaban J connectivity index is 1.69. The molecule has 0 radical (unpaired) electrons. The van der Waals surface area contributed by atoms with E-state index < -0.39 is 0 Å². The van der Waals surface area contributed by atoms with Gasteiger partial charge in [0.2, 0.25) is 0 Å². The molecule has 0 aromatic heterocycles. The lowest BCUT2D eigenvalue weighted by Crippen LogP contribution is -2.39. The van der Waals surface area contributed by atoms with Gasteiger partial charge in [0.05, 0.1) is 6.61 Å². The number of thiocarbonyl (C=S) groups is 1. The Labute approximate surface area is 101 Å². The van der Waals surface area contributed by atoms with Crippen LogP contribution in [0.3, 0.4) is 0 Å². The lowest BCUT2D eigenvalue weighted by molar-refractivity contribution is 0.204. The monoisotopic (exact) mass is 239 g/mol. The average Bonchev–Trinajstić information content (AvgIpc) is 2.61. The molecule has 2 aliphatic rings. The summed E-state index contributed by atoms with van der Waals surface area (Å²) in [7, 11) is 1.67. The van der Waals surface area contributed by atoms with E-state index >= 15 is 0 Å². The Kier molecular flexibility index (Phi) is 3.90. The van der Waals surface area contributed by atoms with Gasteiger partial charge in [-0.2, -0.15) is 5.10 Å². The van der Waals surface area contributed by atoms with Crippen molar-refractivity contribution in [3.8, 4) is 0 Å². The first kappa shape index (κ1) is 11.5. The minimum Gasteiger partial charge on any atom is -0.383 e. The fourth-order valence-corrected chi connectivity index (χ4v) is 2.24. The summed E-state index contributed by atoms with van der Waals surface area (Å²) in [6, 6.07) is 0. The fraction of sp³-hybridized carbons (Fsp3) is 0.636. The molecule has 5 heteroatoms. The average molecular weight is 239 g/mol. The maximum absolute atomic E-state index is 5.07. The van der Waals surface area contributed by atoms with E-state index in [1.807, 2.05) is 0 Å². The second kappa shape index (κ2) is 5.41. The van der Waals surface area contributed by atoms with Crippen molar-refractivity contribution in [3.63, 3.8) is 0 Å². The van der Waals surface area contributed by atoms with E-state index in [1.54, 1.807) is 7.11 Å². The van der Waals surface area contributed by atoms with Crippen LogP contribution in [0.25, 0.3) is 0 Å². The van der Waals surface area contributed by atoms with Gasteiger partial charge in [-0.05, 0) is 31.0 Å². The van der Waals surface area contributed by atoms with Crippen LogP contribution in [-0.2, 0) is 4.74 Å². The predicted octanol–water partition coefficient (Wildman–Crippen LogP) is 1.05. The van der Waals surface area contributed by atoms with Crippen LogP contribution in [0.4, 0.5) is 0 Å². The predicted molar refractivity (Wildman–Crippen MR) is 68.4 cm³/mol. The van der Waals surface area contributed by atoms with Crippen LogP contribution in [0.2, 0.25) is 0 Å². The molecular weight excluding hydrogens is 222 g/mol. The molecule has 0 bridgehead atoms. The van der Waals surface area contributed by atoms with Crippen molar-refractivity contribution < 1.29 is 4.74 Å². The number of nitrogens with zero attached hydrogens (tertiary/aromatic N) is 1. The normalized spacial score (nSPS) is 28.7. The molecule has 0 spiro atoms. The van der Waals surface area contributed by atoms with Crippen molar-refractivity contribution in [3.05, 3.63) is 12.2 Å². The Morgan fingerprint density at radius 1 is 1.69 bits per heavy atom. The summed E-state index contributed by atoms with van der Waals surface area (Å²) in [6.45, 7) is 1.35. The standard InChI is InChI=1S/C11H17N3OS/c1-15-6-5-12-11(16)14-13-10-7-8-3-2-4-9(8)10/h2,4,8-9H,3,5-7H2,1H3,(H2,12,14,16)/b13-10-/t8-,9+/m0/s1. The van der Waals surface area contributed by atoms with Crippen LogP contribution >= 0.6 is 12.2 Å². The summed E-state index contributed by atoms with van der Waals surface area (Å²) in [6.07, 6.45) is 6.80. The van der Waals surface area contributed by atoms with Crippen molar-refractivity contribution in [2.45, 2.75) is 12.8 Å². The number of rotatable bonds is 4. The summed E-state index contributed by atoms with van der Waals surface area (Å²) < 4.78 is 4.91. The number of hydrazone groups is 1. The Morgan fingerprint density at radius 2 is 2.56 bits per heavy atom. The number of allylic oxidation sites excluding steroid dienone is 2. The summed E-state index contributed by atoms with van der Waals surface area (Å²) >= 11 is 5.07. The van der Waals surface area contributed by atoms with Gasteiger partial charge in [0.15, 0.2) is 5.11 Å². The second-order valence-electron chi connectivity index (χ2n) is 4.12. The maximum Gasteiger partial charge on any atom is 0.187 e. The van der Waals surface area contributed by atoms with Crippen LogP contribution < -0.4 is 10.7 Å². The lowest BCUT2D eigenvalue weighted by Gasteiger charge is -2.31. The molecule has 2 aliphatic carbocycles. The van der Waals surface area contributed by atoms with Gasteiger partial charge in [0.25, 0.3) is 0 Å². The first-order valence-electron chi connectivity index (χ1n) is 5.57. The quantitative estimate of drug-likeness (QED) is 0.333. The molecular formula is C11H17N3OS. The van der Waals surface area contributed by atoms with Crippen molar-refractivity contribution >= 4 is 23.0 Å². The van der Waals surface area contributed by atoms with E-state index in [2.05, 4.69) is 28.0 Å². The van der Waals surface area contributed by atoms with Crippen molar-refractivity contribution in [1.29, 1.82) is 0 Å². The lowest BCUT2D eigenvalue weighted by atomic mass is 9.74. The topological polar surface area (TPSA) is 45.6 Å². The van der Waals surface area contributed by atoms with Gasteiger partial charge in [-0.15, -0.1) is 0 Å². The van der Waals surface area contributed by atoms with Crippen LogP contribution in [0.1, 0.15) is 12.8 Å². The van der Waals surface area contributed by atoms with E-state index in [-0.39, 0.29) is 0 Å². The largest absolute Gasteiger partial charge is 0.383 e. The molecule has 88 valence electrons. The van der Waals surface area contributed by atoms with E-state index in [0.717, 1.165) is 12.3 Å². The Morgan fingerprint density at radius 3 is 3.31 bits per heavy atom. The number of fused-ring (bicyclic) bond motifs is 1. The highest BCUT2D eigenvalue weighted by Crippen LogP contribution is 2.39. The van der Waals surface area contributed by atoms with Gasteiger partial charge in [-0.25, -0.2) is 0 Å². The molecule has 2 rings (SSSR count). The van der Waals surface area contributed by atoms with E-state index in [1.165, 1.54) is 12.1 Å². The molecule has 2 atom stereocenters. The van der Waals surface area contributed by atoms with Crippen LogP contribution in [0.15, 0.2) is 17.3 Å². The first-order valence-corrected chi connectivity index (χ1v) is 5.98. The zero-order valence-electron chi connectivity index (χ0n) is 9.40. The number of nitrogens with one attached hydrogen (secondary N) is 2. The molecule has 4 nitrogen and oxygen atoms in total. The first-order chi connectivity index (χ1) is 7.81. The van der Waals surface area contributed by atoms with E-state index in [4.69, 9.17) is 17.0 Å². The third-order valence-corrected chi connectivity index (χ3v) is 3.27. The summed E-state index contributed by atoms with van der Waals surface area (Å²) in [4.78, 5) is 0. The number of ether oxygens (including phenoxy) is 1. The molecule has 1 fully saturated rings. The van der Waals surface area contributed by atoms with Gasteiger partial charge in [0, 0.05) is 25.3 Å². The highest BCUT2D eigenvalue weighted by Gasteiger charge is 2.37. The zero-order chi connectivity index (χ0) is 11.4. The summed E-state index contributed by atoms with van der Waals surface area (Å²) in [5.74, 6) is 1.37. The zero-order valence-corrected chi connectivity index (χ0v) is 10.2. The van der Waals surface area contributed by atoms with Gasteiger partial charge in [-0.1, -0.05) is 12.2 Å². The molecule has 0 saturated heterocycles. The third-order valence-electron chi connectivity index (χ3n) is 3.04. The third kappa shape index (κ3) is 2.59. The number of hydrogen-bond donors (Lipinski definition) is 2. The molecule has 0 heterocycles. The van der Waals surface area contributed by atoms with E-state index in [9.17, 15) is 0 Å². The van der Waals surface area contributed by atoms with Crippen LogP contribution in [0.5, 0.6) is 0 Å². The molecule has 0 aliphatic heterocycles. The van der Waals surface area contributed by atoms with Crippen molar-refractivity contribution in [2.75, 3.05) is 20.3 Å². The molecule has 0 aromatic carbocycles. The van der Waals surface area contributed by atoms with Crippen molar-refractivity contribution in [1.82, 2.24) is 10.7 Å². The minimum atomic E-state index is 0.564. The highest BCUT2D eigenvalue weighted by atomic mass is 32.1. The van der Waals surface area contributed by atoms with Gasteiger partial charge < -0.3 is 10.1 Å². The SMILES string of the molecule is COCCNC(=S)N/N=C1/C[C@@H]2CC=C[C@@H]12. The second-order valence-corrected chi connectivity index (χ2v) is 4.53. The molecule has 2 N–H and O–H groups in total. The van der Waals surface area contributed by atoms with Crippen LogP contribution in [0, 0.1) is 11.8 Å². The number of methoxy groups -OCH3 is 1. The summed E-state index contributed by atoms with van der Waals surface area (Å²) in [5.41, 5.74) is 4.09. The number of hydrogen-bond acceptors (Lipinski definition) is 3. The van der Waals surface area contributed by atoms with Crippen molar-refractivity contribution in [2.24, 2.45) is 16.9 Å². The smallest absolute Gasteiger partial charge is 0.187 e. The highest BCUT2D eigenvalue weighted by molar-refractivity contribution is 7.80. The van der Waals surface area contributed by atoms with Crippen LogP contribution in [-0.4, -0.2) is 31.1 Å². The Hall–Kier alpha value is -0.940. The van der Waals surface area contributed by atoms with Gasteiger partial charge in [0.1, 0.15) is 0 Å². The van der Waals surface area contributed by atoms with Gasteiger partial charge in [-0.3, -0.25) is 5.43 Å². The molecule has 0 amide bonds. The summed E-state index contributed by atoms with van der Waals surface area (Å²) in [5, 5.41) is 7.90. The Bertz CT molecular complexity index is 327. The van der Waals surface area contributed by atoms with Gasteiger partial charge >= 0.3 is 0 Å². The fourth-order valence-electron chi connectivity index (χ4n) is 2.09. The maximum atomic E-state index is 5.07. The van der Waals surface area contributed by atoms with E-state index in [0.29, 0.717) is 24.2 Å². The molecule has 1 saturated carbocycles. The molecule has 0 unspecified atom stereocenters. The molecule has 16 heavy (non-hydrogen) atoms. The minimum absolute atomic E-state index is 0.564. The molecule has 0 aromatic rings.